The lowest BCUT2D eigenvalue weighted by molar-refractivity contribution is 0.0501. The lowest BCUT2D eigenvalue weighted by atomic mass is 9.99. The van der Waals surface area contributed by atoms with Crippen molar-refractivity contribution in [2.24, 2.45) is 11.1 Å². The second kappa shape index (κ2) is 8.24. The topological polar surface area (TPSA) is 68.1 Å². The van der Waals surface area contributed by atoms with Gasteiger partial charge in [-0.1, -0.05) is 29.4 Å². The van der Waals surface area contributed by atoms with E-state index in [0.717, 1.165) is 0 Å². The van der Waals surface area contributed by atoms with Crippen LogP contribution in [0.4, 0.5) is 0 Å². The predicted molar refractivity (Wildman–Crippen MR) is 76.5 cm³/mol. The smallest absolute Gasteiger partial charge is 0.365 e. The summed E-state index contributed by atoms with van der Waals surface area (Å²) in [5, 5.41) is 13.5. The number of benzene rings is 1. The maximum absolute atomic E-state index is 11.7. The first-order chi connectivity index (χ1) is 9.60. The molecule has 0 aliphatic rings. The van der Waals surface area contributed by atoms with Gasteiger partial charge in [-0.15, -0.1) is 6.58 Å². The molecule has 108 valence electrons. The highest BCUT2D eigenvalue weighted by atomic mass is 16.7. The van der Waals surface area contributed by atoms with Crippen LogP contribution in [-0.2, 0) is 9.57 Å². The van der Waals surface area contributed by atoms with Crippen molar-refractivity contribution in [2.45, 2.75) is 13.0 Å². The van der Waals surface area contributed by atoms with Crippen molar-refractivity contribution in [1.82, 2.24) is 0 Å². The highest BCUT2D eigenvalue weighted by molar-refractivity contribution is 5.91. The van der Waals surface area contributed by atoms with Gasteiger partial charge in [-0.3, -0.25) is 0 Å². The number of aliphatic hydroxyl groups is 1. The van der Waals surface area contributed by atoms with E-state index < -0.39 is 18.0 Å². The standard InChI is InChI=1S/C15H19NO4/c1-4-14(17)13(10-19-3)11(2)16-20-15(18)12-8-6-5-7-9-12/h4-9,13-14,17H,1,10H2,2-3H3. The SMILES string of the molecule is C=CC(O)C(COC)C(C)=NOC(=O)c1ccccc1. The van der Waals surface area contributed by atoms with Crippen LogP contribution in [-0.4, -0.2) is 36.6 Å². The van der Waals surface area contributed by atoms with Gasteiger partial charge in [0.15, 0.2) is 0 Å². The van der Waals surface area contributed by atoms with Crippen LogP contribution in [0.1, 0.15) is 17.3 Å². The Morgan fingerprint density at radius 2 is 2.10 bits per heavy atom. The molecule has 0 saturated heterocycles. The van der Waals surface area contributed by atoms with Crippen molar-refractivity contribution in [3.63, 3.8) is 0 Å². The molecule has 2 atom stereocenters. The van der Waals surface area contributed by atoms with Crippen LogP contribution in [0, 0.1) is 5.92 Å². The van der Waals surface area contributed by atoms with Gasteiger partial charge in [-0.05, 0) is 19.1 Å². The third kappa shape index (κ3) is 4.60. The summed E-state index contributed by atoms with van der Waals surface area (Å²) in [5.74, 6) is -0.949. The molecule has 5 heteroatoms. The molecule has 1 N–H and O–H groups in total. The molecule has 2 unspecified atom stereocenters. The Morgan fingerprint density at radius 3 is 2.65 bits per heavy atom. The van der Waals surface area contributed by atoms with Crippen LogP contribution in [0.15, 0.2) is 48.1 Å². The third-order valence-electron chi connectivity index (χ3n) is 2.82. The van der Waals surface area contributed by atoms with Crippen molar-refractivity contribution < 1.29 is 19.5 Å². The molecule has 1 aromatic carbocycles. The summed E-state index contributed by atoms with van der Waals surface area (Å²) in [7, 11) is 1.52. The summed E-state index contributed by atoms with van der Waals surface area (Å²) in [4.78, 5) is 16.6. The molecular formula is C15H19NO4. The number of carbonyl (C=O) groups excluding carboxylic acids is 1. The second-order valence-corrected chi connectivity index (χ2v) is 4.27. The number of hydrogen-bond donors (Lipinski definition) is 1. The molecule has 0 aliphatic heterocycles. The van der Waals surface area contributed by atoms with E-state index in [-0.39, 0.29) is 6.61 Å². The van der Waals surface area contributed by atoms with Gasteiger partial charge in [0.05, 0.1) is 29.9 Å². The van der Waals surface area contributed by atoms with Crippen LogP contribution < -0.4 is 0 Å². The Labute approximate surface area is 118 Å². The molecule has 0 heterocycles. The summed E-state index contributed by atoms with van der Waals surface area (Å²) >= 11 is 0. The quantitative estimate of drug-likeness (QED) is 0.358. The van der Waals surface area contributed by atoms with Crippen LogP contribution >= 0.6 is 0 Å². The van der Waals surface area contributed by atoms with Gasteiger partial charge >= 0.3 is 5.97 Å². The largest absolute Gasteiger partial charge is 0.388 e. The van der Waals surface area contributed by atoms with E-state index in [1.807, 2.05) is 0 Å². The van der Waals surface area contributed by atoms with Crippen molar-refractivity contribution in [2.75, 3.05) is 13.7 Å². The summed E-state index contributed by atoms with van der Waals surface area (Å²) in [5.41, 5.74) is 0.875. The van der Waals surface area contributed by atoms with Gasteiger partial charge in [0.1, 0.15) is 0 Å². The highest BCUT2D eigenvalue weighted by Crippen LogP contribution is 2.10. The van der Waals surface area contributed by atoms with Crippen molar-refractivity contribution in [3.05, 3.63) is 48.6 Å². The van der Waals surface area contributed by atoms with Crippen molar-refractivity contribution >= 4 is 11.7 Å². The summed E-state index contributed by atoms with van der Waals surface area (Å²) in [6.07, 6.45) is 0.580. The lowest BCUT2D eigenvalue weighted by Gasteiger charge is -2.18. The first-order valence-corrected chi connectivity index (χ1v) is 6.20. The lowest BCUT2D eigenvalue weighted by Crippen LogP contribution is -2.29. The zero-order chi connectivity index (χ0) is 15.0. The molecule has 20 heavy (non-hydrogen) atoms. The fraction of sp³-hybridized carbons (Fsp3) is 0.333. The molecule has 0 amide bonds. The molecule has 0 aromatic heterocycles. The molecule has 5 nitrogen and oxygen atoms in total. The predicted octanol–water partition coefficient (Wildman–Crippen LogP) is 2.03. The number of aliphatic hydroxyl groups excluding tert-OH is 1. The van der Waals surface area contributed by atoms with E-state index in [4.69, 9.17) is 9.57 Å². The Morgan fingerprint density at radius 1 is 1.45 bits per heavy atom. The molecule has 0 bridgehead atoms. The van der Waals surface area contributed by atoms with Gasteiger partial charge in [0.25, 0.3) is 0 Å². The van der Waals surface area contributed by atoms with E-state index in [1.165, 1.54) is 13.2 Å². The Bertz CT molecular complexity index is 470. The third-order valence-corrected chi connectivity index (χ3v) is 2.82. The molecule has 1 aromatic rings. The van der Waals surface area contributed by atoms with Crippen LogP contribution in [0.3, 0.4) is 0 Å². The maximum atomic E-state index is 11.7. The minimum atomic E-state index is -0.811. The van der Waals surface area contributed by atoms with Crippen molar-refractivity contribution in [3.8, 4) is 0 Å². The highest BCUT2D eigenvalue weighted by Gasteiger charge is 2.20. The van der Waals surface area contributed by atoms with Gasteiger partial charge in [-0.2, -0.15) is 0 Å². The molecule has 0 spiro atoms. The average Bonchev–Trinajstić information content (AvgIpc) is 2.50. The zero-order valence-corrected chi connectivity index (χ0v) is 11.7. The first-order valence-electron chi connectivity index (χ1n) is 6.20. The Kier molecular flexibility index (Phi) is 6.63. The Hall–Kier alpha value is -1.98. The number of oxime groups is 1. The minimum absolute atomic E-state index is 0.255. The summed E-state index contributed by atoms with van der Waals surface area (Å²) in [6, 6.07) is 8.56. The maximum Gasteiger partial charge on any atom is 0.365 e. The second-order valence-electron chi connectivity index (χ2n) is 4.27. The van der Waals surface area contributed by atoms with Gasteiger partial charge in [0.2, 0.25) is 0 Å². The molecule has 0 fully saturated rings. The number of ether oxygens (including phenoxy) is 1. The molecular weight excluding hydrogens is 258 g/mol. The fourth-order valence-electron chi connectivity index (χ4n) is 1.62. The number of hydrogen-bond acceptors (Lipinski definition) is 5. The van der Waals surface area contributed by atoms with Gasteiger partial charge < -0.3 is 14.7 Å². The van der Waals surface area contributed by atoms with E-state index >= 15 is 0 Å². The van der Waals surface area contributed by atoms with E-state index in [0.29, 0.717) is 11.3 Å². The number of rotatable bonds is 7. The normalized spacial score (nSPS) is 14.4. The summed E-state index contributed by atoms with van der Waals surface area (Å²) in [6.45, 7) is 5.44. The van der Waals surface area contributed by atoms with Gasteiger partial charge in [-0.25, -0.2) is 4.79 Å². The molecule has 0 saturated carbocycles. The molecule has 0 aliphatic carbocycles. The van der Waals surface area contributed by atoms with Crippen molar-refractivity contribution in [1.29, 1.82) is 0 Å². The Balaban J connectivity index is 2.72. The number of carbonyl (C=O) groups is 1. The van der Waals surface area contributed by atoms with Crippen LogP contribution in [0.5, 0.6) is 0 Å². The fourth-order valence-corrected chi connectivity index (χ4v) is 1.62. The minimum Gasteiger partial charge on any atom is -0.388 e. The first kappa shape index (κ1) is 16.1. The van der Waals surface area contributed by atoms with Gasteiger partial charge in [0, 0.05) is 7.11 Å². The van der Waals surface area contributed by atoms with Crippen LogP contribution in [0.2, 0.25) is 0 Å². The van der Waals surface area contributed by atoms with E-state index in [1.54, 1.807) is 37.3 Å². The zero-order valence-electron chi connectivity index (χ0n) is 11.7. The van der Waals surface area contributed by atoms with E-state index in [9.17, 15) is 9.90 Å². The summed E-state index contributed by atoms with van der Waals surface area (Å²) < 4.78 is 5.01. The molecule has 1 rings (SSSR count). The molecule has 0 radical (unpaired) electrons. The van der Waals surface area contributed by atoms with Crippen LogP contribution in [0.25, 0.3) is 0 Å². The number of nitrogens with zero attached hydrogens (tertiary/aromatic N) is 1. The number of methoxy groups -OCH3 is 1. The monoisotopic (exact) mass is 277 g/mol. The average molecular weight is 277 g/mol. The van der Waals surface area contributed by atoms with E-state index in [2.05, 4.69) is 11.7 Å².